The molecule has 2 N–H and O–H groups in total. The molecule has 1 aromatic carbocycles. The minimum atomic E-state index is -0.441. The summed E-state index contributed by atoms with van der Waals surface area (Å²) in [6, 6.07) is 7.23. The summed E-state index contributed by atoms with van der Waals surface area (Å²) in [4.78, 5) is 6.85. The number of anilines is 2. The molecule has 1 aliphatic rings. The molecule has 0 amide bonds. The van der Waals surface area contributed by atoms with Crippen molar-refractivity contribution in [1.82, 2.24) is 24.8 Å². The van der Waals surface area contributed by atoms with Crippen LogP contribution < -0.4 is 10.6 Å². The van der Waals surface area contributed by atoms with Gasteiger partial charge in [0.05, 0.1) is 5.02 Å². The standard InChI is InChI=1S/C19H22ClFN6/c1-22-14-5-7-26(8-6-14)11-13-4-9-27-18(13)19(23-12-24-27)25-15-2-3-17(21)16(20)10-15/h2-4,9-10,12,14,22H,5-8,11H2,1H3,(H,23,24,25). The second kappa shape index (κ2) is 7.80. The summed E-state index contributed by atoms with van der Waals surface area (Å²) in [7, 11) is 2.03. The van der Waals surface area contributed by atoms with Crippen molar-refractivity contribution < 1.29 is 4.39 Å². The van der Waals surface area contributed by atoms with Gasteiger partial charge in [0.25, 0.3) is 0 Å². The Balaban J connectivity index is 1.58. The van der Waals surface area contributed by atoms with Gasteiger partial charge in [-0.2, -0.15) is 5.10 Å². The van der Waals surface area contributed by atoms with E-state index in [9.17, 15) is 4.39 Å². The van der Waals surface area contributed by atoms with Crippen LogP contribution in [0, 0.1) is 5.82 Å². The number of likely N-dealkylation sites (tertiary alicyclic amines) is 1. The lowest BCUT2D eigenvalue weighted by Gasteiger charge is -2.31. The van der Waals surface area contributed by atoms with Gasteiger partial charge in [0.2, 0.25) is 0 Å². The van der Waals surface area contributed by atoms with Gasteiger partial charge < -0.3 is 10.6 Å². The molecule has 3 heterocycles. The minimum Gasteiger partial charge on any atom is -0.338 e. The van der Waals surface area contributed by atoms with Gasteiger partial charge in [-0.3, -0.25) is 4.90 Å². The third-order valence-corrected chi connectivity index (χ3v) is 5.40. The second-order valence-electron chi connectivity index (χ2n) is 6.84. The number of nitrogens with zero attached hydrogens (tertiary/aromatic N) is 4. The van der Waals surface area contributed by atoms with Crippen molar-refractivity contribution in [2.24, 2.45) is 0 Å². The third-order valence-electron chi connectivity index (χ3n) is 5.11. The Hall–Kier alpha value is -2.22. The summed E-state index contributed by atoms with van der Waals surface area (Å²) in [5.41, 5.74) is 2.77. The molecular weight excluding hydrogens is 367 g/mol. The van der Waals surface area contributed by atoms with Crippen LogP contribution in [0.2, 0.25) is 5.02 Å². The fourth-order valence-electron chi connectivity index (χ4n) is 3.57. The number of halogens is 2. The molecule has 2 aromatic heterocycles. The van der Waals surface area contributed by atoms with E-state index >= 15 is 0 Å². The molecule has 0 aliphatic carbocycles. The SMILES string of the molecule is CNC1CCN(Cc2ccn3ncnc(Nc4ccc(F)c(Cl)c4)c23)CC1. The van der Waals surface area contributed by atoms with Crippen LogP contribution >= 0.6 is 11.6 Å². The van der Waals surface area contributed by atoms with Gasteiger partial charge in [0.15, 0.2) is 5.82 Å². The van der Waals surface area contributed by atoms with Crippen molar-refractivity contribution >= 4 is 28.6 Å². The zero-order valence-electron chi connectivity index (χ0n) is 15.1. The Kier molecular flexibility index (Phi) is 5.24. The van der Waals surface area contributed by atoms with E-state index < -0.39 is 5.82 Å². The predicted molar refractivity (Wildman–Crippen MR) is 105 cm³/mol. The van der Waals surface area contributed by atoms with E-state index in [4.69, 9.17) is 11.6 Å². The molecule has 1 saturated heterocycles. The molecule has 0 saturated carbocycles. The first kappa shape index (κ1) is 18.2. The van der Waals surface area contributed by atoms with Gasteiger partial charge in [-0.1, -0.05) is 11.6 Å². The first-order valence-corrected chi connectivity index (χ1v) is 9.45. The summed E-state index contributed by atoms with van der Waals surface area (Å²) in [6.07, 6.45) is 5.74. The number of aromatic nitrogens is 3. The van der Waals surface area contributed by atoms with E-state index in [1.807, 2.05) is 17.8 Å². The molecule has 27 heavy (non-hydrogen) atoms. The highest BCUT2D eigenvalue weighted by Gasteiger charge is 2.20. The molecule has 0 unspecified atom stereocenters. The number of hydrogen-bond acceptors (Lipinski definition) is 5. The van der Waals surface area contributed by atoms with Gasteiger partial charge in [0.1, 0.15) is 17.7 Å². The predicted octanol–water partition coefficient (Wildman–Crippen LogP) is 3.45. The Morgan fingerprint density at radius 1 is 1.26 bits per heavy atom. The molecule has 4 rings (SSSR count). The van der Waals surface area contributed by atoms with Crippen LogP contribution in [0.4, 0.5) is 15.9 Å². The molecule has 0 spiro atoms. The molecule has 6 nitrogen and oxygen atoms in total. The van der Waals surface area contributed by atoms with Gasteiger partial charge in [-0.05, 0) is 62.8 Å². The average Bonchev–Trinajstić information content (AvgIpc) is 3.09. The van der Waals surface area contributed by atoms with E-state index in [0.717, 1.165) is 43.6 Å². The Morgan fingerprint density at radius 3 is 2.81 bits per heavy atom. The molecule has 1 aliphatic heterocycles. The van der Waals surface area contributed by atoms with Crippen LogP contribution in [0.3, 0.4) is 0 Å². The number of fused-ring (bicyclic) bond motifs is 1. The maximum Gasteiger partial charge on any atom is 0.158 e. The zero-order valence-corrected chi connectivity index (χ0v) is 15.9. The number of rotatable bonds is 5. The number of piperidine rings is 1. The van der Waals surface area contributed by atoms with Crippen molar-refractivity contribution in [2.75, 3.05) is 25.5 Å². The molecule has 1 fully saturated rings. The maximum absolute atomic E-state index is 13.4. The van der Waals surface area contributed by atoms with Gasteiger partial charge in [-0.25, -0.2) is 13.9 Å². The van der Waals surface area contributed by atoms with Crippen LogP contribution in [0.1, 0.15) is 18.4 Å². The van der Waals surface area contributed by atoms with E-state index in [1.165, 1.54) is 12.4 Å². The van der Waals surface area contributed by atoms with Crippen molar-refractivity contribution in [3.8, 4) is 0 Å². The summed E-state index contributed by atoms with van der Waals surface area (Å²) < 4.78 is 15.2. The lowest BCUT2D eigenvalue weighted by atomic mass is 10.0. The smallest absolute Gasteiger partial charge is 0.158 e. The van der Waals surface area contributed by atoms with Crippen LogP contribution in [-0.4, -0.2) is 45.7 Å². The lowest BCUT2D eigenvalue weighted by Crippen LogP contribution is -2.40. The van der Waals surface area contributed by atoms with E-state index in [0.29, 0.717) is 17.5 Å². The Morgan fingerprint density at radius 2 is 2.07 bits per heavy atom. The van der Waals surface area contributed by atoms with Gasteiger partial charge >= 0.3 is 0 Å². The van der Waals surface area contributed by atoms with Crippen LogP contribution in [0.25, 0.3) is 5.52 Å². The first-order valence-electron chi connectivity index (χ1n) is 9.07. The fourth-order valence-corrected chi connectivity index (χ4v) is 3.75. The molecule has 8 heteroatoms. The molecule has 142 valence electrons. The van der Waals surface area contributed by atoms with Crippen molar-refractivity contribution in [2.45, 2.75) is 25.4 Å². The minimum absolute atomic E-state index is 0.0769. The summed E-state index contributed by atoms with van der Waals surface area (Å²) >= 11 is 5.90. The van der Waals surface area contributed by atoms with Crippen molar-refractivity contribution in [3.63, 3.8) is 0 Å². The van der Waals surface area contributed by atoms with E-state index in [1.54, 1.807) is 12.1 Å². The highest BCUT2D eigenvalue weighted by atomic mass is 35.5. The highest BCUT2D eigenvalue weighted by Crippen LogP contribution is 2.27. The quantitative estimate of drug-likeness (QED) is 0.701. The fraction of sp³-hybridized carbons (Fsp3) is 0.368. The van der Waals surface area contributed by atoms with Crippen LogP contribution in [0.15, 0.2) is 36.8 Å². The first-order chi connectivity index (χ1) is 13.1. The summed E-state index contributed by atoms with van der Waals surface area (Å²) in [6.45, 7) is 2.97. The number of benzene rings is 1. The molecule has 3 aromatic rings. The highest BCUT2D eigenvalue weighted by molar-refractivity contribution is 6.31. The summed E-state index contributed by atoms with van der Waals surface area (Å²) in [5.74, 6) is 0.237. The zero-order chi connectivity index (χ0) is 18.8. The van der Waals surface area contributed by atoms with Gasteiger partial charge in [0, 0.05) is 24.5 Å². The van der Waals surface area contributed by atoms with Crippen molar-refractivity contribution in [1.29, 1.82) is 0 Å². The van der Waals surface area contributed by atoms with Crippen LogP contribution in [0.5, 0.6) is 0 Å². The van der Waals surface area contributed by atoms with Gasteiger partial charge in [-0.15, -0.1) is 0 Å². The third kappa shape index (κ3) is 3.90. The topological polar surface area (TPSA) is 57.5 Å². The van der Waals surface area contributed by atoms with E-state index in [2.05, 4.69) is 31.7 Å². The Bertz CT molecular complexity index is 935. The Labute approximate surface area is 162 Å². The number of nitrogens with one attached hydrogen (secondary N) is 2. The second-order valence-corrected chi connectivity index (χ2v) is 7.24. The average molecular weight is 389 g/mol. The maximum atomic E-state index is 13.4. The molecule has 0 radical (unpaired) electrons. The van der Waals surface area contributed by atoms with Crippen LogP contribution in [-0.2, 0) is 6.54 Å². The lowest BCUT2D eigenvalue weighted by molar-refractivity contribution is 0.195. The largest absolute Gasteiger partial charge is 0.338 e. The van der Waals surface area contributed by atoms with E-state index in [-0.39, 0.29) is 5.02 Å². The molecule has 0 atom stereocenters. The molecule has 0 bridgehead atoms. The van der Waals surface area contributed by atoms with Crippen molar-refractivity contribution in [3.05, 3.63) is 53.2 Å². The normalized spacial score (nSPS) is 16.1. The summed E-state index contributed by atoms with van der Waals surface area (Å²) in [5, 5.41) is 11.0. The number of hydrogen-bond donors (Lipinski definition) is 2. The monoisotopic (exact) mass is 388 g/mol. The molecular formula is C19H22ClFN6.